The Hall–Kier alpha value is -2.37. The maximum atomic E-state index is 11.3. The van der Waals surface area contributed by atoms with Crippen LogP contribution in [-0.2, 0) is 11.3 Å². The van der Waals surface area contributed by atoms with Crippen molar-refractivity contribution in [2.24, 2.45) is 0 Å². The SMILES string of the molecule is C=CCNC(=O)Cn1ccc(=O)c(C(=O)O)c1. The van der Waals surface area contributed by atoms with Crippen molar-refractivity contribution in [1.29, 1.82) is 0 Å². The van der Waals surface area contributed by atoms with E-state index < -0.39 is 11.4 Å². The van der Waals surface area contributed by atoms with Crippen molar-refractivity contribution in [2.45, 2.75) is 6.54 Å². The van der Waals surface area contributed by atoms with E-state index in [0.717, 1.165) is 12.3 Å². The van der Waals surface area contributed by atoms with Gasteiger partial charge in [0.2, 0.25) is 5.91 Å². The number of nitrogens with zero attached hydrogens (tertiary/aromatic N) is 1. The number of aromatic nitrogens is 1. The number of carboxylic acid groups (broad SMARTS) is 1. The molecular formula is C11H12N2O4. The lowest BCUT2D eigenvalue weighted by atomic mass is 10.3. The number of carbonyl (C=O) groups excluding carboxylic acids is 1. The Bertz CT molecular complexity index is 504. The second kappa shape index (κ2) is 5.64. The van der Waals surface area contributed by atoms with E-state index in [0.29, 0.717) is 6.54 Å². The molecule has 0 saturated carbocycles. The Morgan fingerprint density at radius 2 is 2.24 bits per heavy atom. The van der Waals surface area contributed by atoms with E-state index in [9.17, 15) is 14.4 Å². The second-order valence-electron chi connectivity index (χ2n) is 3.29. The summed E-state index contributed by atoms with van der Waals surface area (Å²) in [4.78, 5) is 33.2. The van der Waals surface area contributed by atoms with Gasteiger partial charge >= 0.3 is 5.97 Å². The Kier molecular flexibility index (Phi) is 4.21. The quantitative estimate of drug-likeness (QED) is 0.696. The van der Waals surface area contributed by atoms with Crippen molar-refractivity contribution in [1.82, 2.24) is 9.88 Å². The van der Waals surface area contributed by atoms with Crippen molar-refractivity contribution in [3.05, 3.63) is 46.9 Å². The first kappa shape index (κ1) is 12.7. The van der Waals surface area contributed by atoms with Crippen LogP contribution in [-0.4, -0.2) is 28.1 Å². The van der Waals surface area contributed by atoms with Crippen molar-refractivity contribution in [3.63, 3.8) is 0 Å². The zero-order valence-electron chi connectivity index (χ0n) is 9.05. The maximum absolute atomic E-state index is 11.3. The van der Waals surface area contributed by atoms with E-state index in [1.165, 1.54) is 16.8 Å². The average molecular weight is 236 g/mol. The lowest BCUT2D eigenvalue weighted by Crippen LogP contribution is -2.28. The van der Waals surface area contributed by atoms with Crippen LogP contribution >= 0.6 is 0 Å². The van der Waals surface area contributed by atoms with Gasteiger partial charge in [-0.05, 0) is 0 Å². The highest BCUT2D eigenvalue weighted by atomic mass is 16.4. The van der Waals surface area contributed by atoms with Gasteiger partial charge in [-0.2, -0.15) is 0 Å². The van der Waals surface area contributed by atoms with Crippen LogP contribution in [0.15, 0.2) is 35.9 Å². The molecule has 0 aliphatic heterocycles. The van der Waals surface area contributed by atoms with E-state index in [-0.39, 0.29) is 18.0 Å². The summed E-state index contributed by atoms with van der Waals surface area (Å²) in [6, 6.07) is 1.12. The molecule has 0 aliphatic carbocycles. The normalized spacial score (nSPS) is 9.65. The third-order valence-electron chi connectivity index (χ3n) is 1.98. The molecule has 1 rings (SSSR count). The molecule has 0 aromatic carbocycles. The second-order valence-corrected chi connectivity index (χ2v) is 3.29. The molecule has 1 aromatic rings. The number of rotatable bonds is 5. The fourth-order valence-corrected chi connectivity index (χ4v) is 1.19. The Labute approximate surface area is 97.2 Å². The number of hydrogen-bond donors (Lipinski definition) is 2. The molecule has 6 nitrogen and oxygen atoms in total. The molecule has 1 amide bonds. The molecule has 0 spiro atoms. The summed E-state index contributed by atoms with van der Waals surface area (Å²) in [6.45, 7) is 3.74. The van der Waals surface area contributed by atoms with Gasteiger partial charge < -0.3 is 15.0 Å². The minimum atomic E-state index is -1.31. The molecule has 90 valence electrons. The van der Waals surface area contributed by atoms with Crippen LogP contribution in [0.1, 0.15) is 10.4 Å². The van der Waals surface area contributed by atoms with Gasteiger partial charge in [0.15, 0.2) is 5.43 Å². The largest absolute Gasteiger partial charge is 0.477 e. The highest BCUT2D eigenvalue weighted by Crippen LogP contribution is 1.93. The first-order chi connectivity index (χ1) is 8.04. The van der Waals surface area contributed by atoms with Crippen LogP contribution in [0.3, 0.4) is 0 Å². The zero-order chi connectivity index (χ0) is 12.8. The van der Waals surface area contributed by atoms with Crippen LogP contribution in [0.4, 0.5) is 0 Å². The van der Waals surface area contributed by atoms with E-state index in [1.54, 1.807) is 0 Å². The highest BCUT2D eigenvalue weighted by Gasteiger charge is 2.09. The molecule has 0 unspecified atom stereocenters. The molecule has 6 heteroatoms. The van der Waals surface area contributed by atoms with Gasteiger partial charge in [0.1, 0.15) is 12.1 Å². The average Bonchev–Trinajstić information content (AvgIpc) is 2.28. The molecular weight excluding hydrogens is 224 g/mol. The monoisotopic (exact) mass is 236 g/mol. The molecule has 0 bridgehead atoms. The van der Waals surface area contributed by atoms with Crippen LogP contribution < -0.4 is 10.7 Å². The van der Waals surface area contributed by atoms with Gasteiger partial charge in [-0.3, -0.25) is 9.59 Å². The number of carboxylic acids is 1. The molecule has 17 heavy (non-hydrogen) atoms. The summed E-state index contributed by atoms with van der Waals surface area (Å²) < 4.78 is 1.34. The van der Waals surface area contributed by atoms with Crippen molar-refractivity contribution < 1.29 is 14.7 Å². The number of carbonyl (C=O) groups is 2. The Balaban J connectivity index is 2.82. The third kappa shape index (κ3) is 3.60. The number of amides is 1. The highest BCUT2D eigenvalue weighted by molar-refractivity contribution is 5.87. The summed E-state index contributed by atoms with van der Waals surface area (Å²) in [5.41, 5.74) is -0.940. The van der Waals surface area contributed by atoms with Gasteiger partial charge in [-0.1, -0.05) is 6.08 Å². The molecule has 0 aliphatic rings. The smallest absolute Gasteiger partial charge is 0.341 e. The van der Waals surface area contributed by atoms with Crippen molar-refractivity contribution >= 4 is 11.9 Å². The molecule has 0 saturated heterocycles. The third-order valence-corrected chi connectivity index (χ3v) is 1.98. The van der Waals surface area contributed by atoms with Crippen LogP contribution in [0.2, 0.25) is 0 Å². The standard InChI is InChI=1S/C11H12N2O4/c1-2-4-12-10(15)7-13-5-3-9(14)8(6-13)11(16)17/h2-3,5-6H,1,4,7H2,(H,12,15)(H,16,17). The summed E-state index contributed by atoms with van der Waals surface area (Å²) in [6.07, 6.45) is 4.03. The van der Waals surface area contributed by atoms with Gasteiger partial charge in [0.25, 0.3) is 0 Å². The van der Waals surface area contributed by atoms with Crippen LogP contribution in [0, 0.1) is 0 Å². The van der Waals surface area contributed by atoms with Crippen molar-refractivity contribution in [2.75, 3.05) is 6.54 Å². The fraction of sp³-hybridized carbons (Fsp3) is 0.182. The zero-order valence-corrected chi connectivity index (χ0v) is 9.05. The summed E-state index contributed by atoms with van der Waals surface area (Å²) in [7, 11) is 0. The minimum absolute atomic E-state index is 0.0472. The molecule has 2 N–H and O–H groups in total. The van der Waals surface area contributed by atoms with E-state index in [1.807, 2.05) is 0 Å². The predicted octanol–water partition coefficient (Wildman–Crippen LogP) is -0.151. The number of nitrogens with one attached hydrogen (secondary N) is 1. The molecule has 0 atom stereocenters. The topological polar surface area (TPSA) is 88.4 Å². The van der Waals surface area contributed by atoms with Crippen LogP contribution in [0.5, 0.6) is 0 Å². The summed E-state index contributed by atoms with van der Waals surface area (Å²) >= 11 is 0. The fourth-order valence-electron chi connectivity index (χ4n) is 1.19. The molecule has 0 fully saturated rings. The van der Waals surface area contributed by atoms with Gasteiger partial charge in [-0.25, -0.2) is 4.79 Å². The van der Waals surface area contributed by atoms with Gasteiger partial charge in [-0.15, -0.1) is 6.58 Å². The van der Waals surface area contributed by atoms with Crippen LogP contribution in [0.25, 0.3) is 0 Å². The van der Waals surface area contributed by atoms with E-state index in [4.69, 9.17) is 5.11 Å². The number of pyridine rings is 1. The van der Waals surface area contributed by atoms with E-state index >= 15 is 0 Å². The lowest BCUT2D eigenvalue weighted by molar-refractivity contribution is -0.121. The lowest BCUT2D eigenvalue weighted by Gasteiger charge is -2.06. The van der Waals surface area contributed by atoms with Gasteiger partial charge in [0, 0.05) is 25.0 Å². The number of hydrogen-bond acceptors (Lipinski definition) is 3. The predicted molar refractivity (Wildman–Crippen MR) is 60.9 cm³/mol. The summed E-state index contributed by atoms with van der Waals surface area (Å²) in [5.74, 6) is -1.60. The van der Waals surface area contributed by atoms with Gasteiger partial charge in [0.05, 0.1) is 0 Å². The molecule has 1 heterocycles. The minimum Gasteiger partial charge on any atom is -0.477 e. The maximum Gasteiger partial charge on any atom is 0.341 e. The van der Waals surface area contributed by atoms with Crippen molar-refractivity contribution in [3.8, 4) is 0 Å². The summed E-state index contributed by atoms with van der Waals surface area (Å²) in [5, 5.41) is 11.3. The number of aromatic carboxylic acids is 1. The van der Waals surface area contributed by atoms with E-state index in [2.05, 4.69) is 11.9 Å². The Morgan fingerprint density at radius 1 is 1.53 bits per heavy atom. The molecule has 0 radical (unpaired) electrons. The molecule has 1 aromatic heterocycles. The Morgan fingerprint density at radius 3 is 2.82 bits per heavy atom. The first-order valence-corrected chi connectivity index (χ1v) is 4.85. The first-order valence-electron chi connectivity index (χ1n) is 4.85.